The Balaban J connectivity index is 2.17. The van der Waals surface area contributed by atoms with Crippen molar-refractivity contribution in [2.24, 2.45) is 10.9 Å². The number of halogens is 2. The molecule has 2 rings (SSSR count). The fourth-order valence-corrected chi connectivity index (χ4v) is 1.56. The molecule has 0 aliphatic carbocycles. The highest BCUT2D eigenvalue weighted by Gasteiger charge is 2.09. The van der Waals surface area contributed by atoms with E-state index in [0.717, 1.165) is 12.1 Å². The molecule has 3 N–H and O–H groups in total. The highest BCUT2D eigenvalue weighted by atomic mass is 19.2. The molecule has 104 valence electrons. The molecule has 1 aromatic heterocycles. The second kappa shape index (κ2) is 5.96. The summed E-state index contributed by atoms with van der Waals surface area (Å²) in [5, 5.41) is 11.5. The Morgan fingerprint density at radius 1 is 1.30 bits per heavy atom. The van der Waals surface area contributed by atoms with Gasteiger partial charge in [0.2, 0.25) is 0 Å². The largest absolute Gasteiger partial charge is 0.489 e. The maximum atomic E-state index is 13.0. The molecule has 0 aliphatic rings. The minimum Gasteiger partial charge on any atom is -0.489 e. The molecular weight excluding hydrogens is 268 g/mol. The molecule has 0 amide bonds. The van der Waals surface area contributed by atoms with E-state index in [1.54, 1.807) is 12.1 Å². The summed E-state index contributed by atoms with van der Waals surface area (Å²) in [4.78, 5) is 3.96. The van der Waals surface area contributed by atoms with Crippen LogP contribution >= 0.6 is 0 Å². The van der Waals surface area contributed by atoms with Gasteiger partial charge in [-0.1, -0.05) is 11.2 Å². The molecule has 0 fully saturated rings. The first-order chi connectivity index (χ1) is 9.61. The Morgan fingerprint density at radius 2 is 2.10 bits per heavy atom. The zero-order valence-corrected chi connectivity index (χ0v) is 10.3. The van der Waals surface area contributed by atoms with Gasteiger partial charge in [0.1, 0.15) is 18.1 Å². The number of rotatable bonds is 4. The molecular formula is C13H11F2N3O2. The highest BCUT2D eigenvalue weighted by Crippen LogP contribution is 2.17. The van der Waals surface area contributed by atoms with Crippen molar-refractivity contribution in [3.63, 3.8) is 0 Å². The van der Waals surface area contributed by atoms with E-state index >= 15 is 0 Å². The molecule has 0 radical (unpaired) electrons. The lowest BCUT2D eigenvalue weighted by molar-refractivity contribution is 0.301. The summed E-state index contributed by atoms with van der Waals surface area (Å²) >= 11 is 0. The summed E-state index contributed by atoms with van der Waals surface area (Å²) in [7, 11) is 0. The van der Waals surface area contributed by atoms with Gasteiger partial charge in [0.25, 0.3) is 0 Å². The SMILES string of the molecule is NC(=NO)c1ncccc1COc1ccc(F)c(F)c1. The lowest BCUT2D eigenvalue weighted by atomic mass is 10.2. The lowest BCUT2D eigenvalue weighted by Gasteiger charge is -2.09. The molecule has 5 nitrogen and oxygen atoms in total. The van der Waals surface area contributed by atoms with Gasteiger partial charge >= 0.3 is 0 Å². The second-order valence-electron chi connectivity index (χ2n) is 3.86. The number of aromatic nitrogens is 1. The maximum Gasteiger partial charge on any atom is 0.189 e. The molecule has 0 atom stereocenters. The average Bonchev–Trinajstić information content (AvgIpc) is 2.48. The highest BCUT2D eigenvalue weighted by molar-refractivity contribution is 5.96. The van der Waals surface area contributed by atoms with Crippen LogP contribution < -0.4 is 10.5 Å². The third-order valence-electron chi connectivity index (χ3n) is 2.53. The Morgan fingerprint density at radius 3 is 2.80 bits per heavy atom. The quantitative estimate of drug-likeness (QED) is 0.388. The number of nitrogens with zero attached hydrogens (tertiary/aromatic N) is 2. The van der Waals surface area contributed by atoms with Gasteiger partial charge in [0.05, 0.1) is 0 Å². The molecule has 7 heteroatoms. The van der Waals surface area contributed by atoms with Crippen LogP contribution in [0.4, 0.5) is 8.78 Å². The third kappa shape index (κ3) is 3.00. The smallest absolute Gasteiger partial charge is 0.189 e. The van der Waals surface area contributed by atoms with Crippen molar-refractivity contribution in [1.82, 2.24) is 4.98 Å². The number of hydrogen-bond acceptors (Lipinski definition) is 4. The van der Waals surface area contributed by atoms with Crippen molar-refractivity contribution in [2.75, 3.05) is 0 Å². The Bertz CT molecular complexity index is 647. The van der Waals surface area contributed by atoms with Gasteiger partial charge in [0.15, 0.2) is 17.5 Å². The van der Waals surface area contributed by atoms with Crippen LogP contribution in [0.25, 0.3) is 0 Å². The fourth-order valence-electron chi connectivity index (χ4n) is 1.56. The second-order valence-corrected chi connectivity index (χ2v) is 3.86. The van der Waals surface area contributed by atoms with Crippen LogP contribution in [-0.2, 0) is 6.61 Å². The van der Waals surface area contributed by atoms with Gasteiger partial charge < -0.3 is 15.7 Å². The van der Waals surface area contributed by atoms with E-state index in [1.807, 2.05) is 0 Å². The van der Waals surface area contributed by atoms with Crippen LogP contribution in [0.1, 0.15) is 11.3 Å². The van der Waals surface area contributed by atoms with Crippen LogP contribution in [0.3, 0.4) is 0 Å². The molecule has 0 bridgehead atoms. The molecule has 0 aliphatic heterocycles. The van der Waals surface area contributed by atoms with Gasteiger partial charge in [0, 0.05) is 17.8 Å². The van der Waals surface area contributed by atoms with E-state index in [-0.39, 0.29) is 23.9 Å². The van der Waals surface area contributed by atoms with E-state index in [2.05, 4.69) is 10.1 Å². The van der Waals surface area contributed by atoms with E-state index in [4.69, 9.17) is 15.7 Å². The summed E-state index contributed by atoms with van der Waals surface area (Å²) in [6, 6.07) is 6.53. The molecule has 0 saturated heterocycles. The van der Waals surface area contributed by atoms with Gasteiger partial charge in [-0.3, -0.25) is 4.98 Å². The number of amidine groups is 1. The van der Waals surface area contributed by atoms with E-state index in [0.29, 0.717) is 5.56 Å². The van der Waals surface area contributed by atoms with Crippen molar-refractivity contribution >= 4 is 5.84 Å². The van der Waals surface area contributed by atoms with Crippen molar-refractivity contribution in [1.29, 1.82) is 0 Å². The lowest BCUT2D eigenvalue weighted by Crippen LogP contribution is -2.18. The summed E-state index contributed by atoms with van der Waals surface area (Å²) < 4.78 is 31.1. The Labute approximate surface area is 113 Å². The Hall–Kier alpha value is -2.70. The van der Waals surface area contributed by atoms with Crippen LogP contribution in [-0.4, -0.2) is 16.0 Å². The normalized spacial score (nSPS) is 11.4. The predicted molar refractivity (Wildman–Crippen MR) is 67.4 cm³/mol. The zero-order chi connectivity index (χ0) is 14.5. The summed E-state index contributed by atoms with van der Waals surface area (Å²) in [5.74, 6) is -1.94. The van der Waals surface area contributed by atoms with Crippen LogP contribution in [0.15, 0.2) is 41.7 Å². The molecule has 20 heavy (non-hydrogen) atoms. The maximum absolute atomic E-state index is 13.0. The third-order valence-corrected chi connectivity index (χ3v) is 2.53. The zero-order valence-electron chi connectivity index (χ0n) is 10.3. The summed E-state index contributed by atoms with van der Waals surface area (Å²) in [6.45, 7) is 0.0183. The minimum absolute atomic E-state index is 0.0183. The van der Waals surface area contributed by atoms with Crippen molar-refractivity contribution in [3.8, 4) is 5.75 Å². The molecule has 2 aromatic rings. The summed E-state index contributed by atoms with van der Waals surface area (Å²) in [6.07, 6.45) is 1.48. The van der Waals surface area contributed by atoms with E-state index in [9.17, 15) is 8.78 Å². The van der Waals surface area contributed by atoms with Gasteiger partial charge in [-0.2, -0.15) is 0 Å². The van der Waals surface area contributed by atoms with Crippen LogP contribution in [0.5, 0.6) is 5.75 Å². The average molecular weight is 279 g/mol. The molecule has 0 spiro atoms. The summed E-state index contributed by atoms with van der Waals surface area (Å²) in [5.41, 5.74) is 6.29. The van der Waals surface area contributed by atoms with Crippen molar-refractivity contribution in [2.45, 2.75) is 6.61 Å². The van der Waals surface area contributed by atoms with Crippen LogP contribution in [0, 0.1) is 11.6 Å². The van der Waals surface area contributed by atoms with E-state index in [1.165, 1.54) is 12.3 Å². The molecule has 1 heterocycles. The monoisotopic (exact) mass is 279 g/mol. The minimum atomic E-state index is -0.995. The fraction of sp³-hybridized carbons (Fsp3) is 0.0769. The first-order valence-corrected chi connectivity index (χ1v) is 5.61. The van der Waals surface area contributed by atoms with Gasteiger partial charge in [-0.25, -0.2) is 8.78 Å². The first kappa shape index (κ1) is 13.7. The first-order valence-electron chi connectivity index (χ1n) is 5.61. The molecule has 1 aromatic carbocycles. The van der Waals surface area contributed by atoms with Gasteiger partial charge in [-0.15, -0.1) is 0 Å². The van der Waals surface area contributed by atoms with Gasteiger partial charge in [-0.05, 0) is 18.2 Å². The predicted octanol–water partition coefficient (Wildman–Crippen LogP) is 2.03. The van der Waals surface area contributed by atoms with E-state index < -0.39 is 11.6 Å². The topological polar surface area (TPSA) is 80.7 Å². The molecule has 0 saturated carbocycles. The Kier molecular flexibility index (Phi) is 4.09. The molecule has 0 unspecified atom stereocenters. The number of benzene rings is 1. The standard InChI is InChI=1S/C13H11F2N3O2/c14-10-4-3-9(6-11(10)15)20-7-8-2-1-5-17-12(8)13(16)18-19/h1-6,19H,7H2,(H2,16,18). The number of nitrogens with two attached hydrogens (primary N) is 1. The number of ether oxygens (including phenoxy) is 1. The number of pyridine rings is 1. The number of oxime groups is 1. The van der Waals surface area contributed by atoms with Crippen molar-refractivity contribution in [3.05, 3.63) is 59.4 Å². The van der Waals surface area contributed by atoms with Crippen LogP contribution in [0.2, 0.25) is 0 Å². The number of hydrogen-bond donors (Lipinski definition) is 2. The van der Waals surface area contributed by atoms with Crippen molar-refractivity contribution < 1.29 is 18.7 Å².